The molecule has 0 aliphatic rings. The van der Waals surface area contributed by atoms with E-state index in [-0.39, 0.29) is 0 Å². The highest BCUT2D eigenvalue weighted by atomic mass is 16.5. The summed E-state index contributed by atoms with van der Waals surface area (Å²) in [4.78, 5) is 4.68. The lowest BCUT2D eigenvalue weighted by atomic mass is 10.3. The normalized spacial score (nSPS) is 13.0. The van der Waals surface area contributed by atoms with Crippen LogP contribution in [0.3, 0.4) is 0 Å². The summed E-state index contributed by atoms with van der Waals surface area (Å²) in [6.45, 7) is 6.90. The van der Waals surface area contributed by atoms with E-state index in [9.17, 15) is 0 Å². The Morgan fingerprint density at radius 2 is 2.16 bits per heavy atom. The van der Waals surface area contributed by atoms with Gasteiger partial charge in [-0.3, -0.25) is 0 Å². The standard InChI is InChI=1S/C15H23N3O/c1-4-15-17-13-7-5-6-8-14(13)18(15)10-9-16-12(2)11-19-3/h5-8,12,16H,4,9-11H2,1-3H3. The number of imidazole rings is 1. The van der Waals surface area contributed by atoms with Crippen molar-refractivity contribution in [3.8, 4) is 0 Å². The summed E-state index contributed by atoms with van der Waals surface area (Å²) < 4.78 is 7.43. The molecule has 19 heavy (non-hydrogen) atoms. The minimum atomic E-state index is 0.380. The van der Waals surface area contributed by atoms with Crippen LogP contribution in [0.25, 0.3) is 11.0 Å². The van der Waals surface area contributed by atoms with E-state index in [1.165, 1.54) is 5.52 Å². The fraction of sp³-hybridized carbons (Fsp3) is 0.533. The van der Waals surface area contributed by atoms with E-state index in [4.69, 9.17) is 4.74 Å². The largest absolute Gasteiger partial charge is 0.383 e. The van der Waals surface area contributed by atoms with Gasteiger partial charge in [0, 0.05) is 32.7 Å². The highest BCUT2D eigenvalue weighted by Gasteiger charge is 2.08. The third kappa shape index (κ3) is 3.33. The average Bonchev–Trinajstić information content (AvgIpc) is 2.77. The molecule has 1 N–H and O–H groups in total. The van der Waals surface area contributed by atoms with Crippen molar-refractivity contribution < 1.29 is 4.74 Å². The molecule has 4 heteroatoms. The Balaban J connectivity index is 2.06. The molecule has 0 fully saturated rings. The predicted octanol–water partition coefficient (Wildman–Crippen LogP) is 2.22. The van der Waals surface area contributed by atoms with Crippen molar-refractivity contribution in [3.05, 3.63) is 30.1 Å². The van der Waals surface area contributed by atoms with Crippen molar-refractivity contribution in [2.45, 2.75) is 32.9 Å². The molecule has 2 aromatic rings. The number of nitrogens with one attached hydrogen (secondary N) is 1. The number of methoxy groups -OCH3 is 1. The summed E-state index contributed by atoms with van der Waals surface area (Å²) in [7, 11) is 1.73. The highest BCUT2D eigenvalue weighted by molar-refractivity contribution is 5.75. The molecule has 0 aliphatic heterocycles. The second-order valence-electron chi connectivity index (χ2n) is 4.83. The van der Waals surface area contributed by atoms with Crippen LogP contribution in [0.4, 0.5) is 0 Å². The number of aromatic nitrogens is 2. The van der Waals surface area contributed by atoms with E-state index >= 15 is 0 Å². The molecule has 1 aromatic heterocycles. The van der Waals surface area contributed by atoms with Crippen LogP contribution in [-0.2, 0) is 17.7 Å². The highest BCUT2D eigenvalue weighted by Crippen LogP contribution is 2.15. The summed E-state index contributed by atoms with van der Waals surface area (Å²) in [5, 5.41) is 3.46. The van der Waals surface area contributed by atoms with Crippen molar-refractivity contribution >= 4 is 11.0 Å². The first-order valence-electron chi connectivity index (χ1n) is 6.92. The number of rotatable bonds is 7. The van der Waals surface area contributed by atoms with Gasteiger partial charge in [0.25, 0.3) is 0 Å². The van der Waals surface area contributed by atoms with E-state index in [2.05, 4.69) is 46.9 Å². The Bertz CT molecular complexity index is 521. The van der Waals surface area contributed by atoms with E-state index in [0.717, 1.165) is 37.5 Å². The van der Waals surface area contributed by atoms with Crippen molar-refractivity contribution in [2.75, 3.05) is 20.3 Å². The number of hydrogen-bond donors (Lipinski definition) is 1. The first-order valence-corrected chi connectivity index (χ1v) is 6.92. The van der Waals surface area contributed by atoms with Gasteiger partial charge in [0.1, 0.15) is 5.82 Å². The fourth-order valence-electron chi connectivity index (χ4n) is 2.38. The zero-order valence-electron chi connectivity index (χ0n) is 12.0. The molecule has 1 unspecified atom stereocenters. The molecule has 1 atom stereocenters. The zero-order chi connectivity index (χ0) is 13.7. The molecular weight excluding hydrogens is 238 g/mol. The number of ether oxygens (including phenoxy) is 1. The third-order valence-electron chi connectivity index (χ3n) is 3.29. The van der Waals surface area contributed by atoms with Gasteiger partial charge in [-0.25, -0.2) is 4.98 Å². The average molecular weight is 261 g/mol. The second kappa shape index (κ2) is 6.68. The SMILES string of the molecule is CCc1nc2ccccc2n1CCNC(C)COC. The summed E-state index contributed by atoms with van der Waals surface area (Å²) >= 11 is 0. The third-order valence-corrected chi connectivity index (χ3v) is 3.29. The Morgan fingerprint density at radius 3 is 2.89 bits per heavy atom. The maximum absolute atomic E-state index is 5.12. The van der Waals surface area contributed by atoms with E-state index in [0.29, 0.717) is 6.04 Å². The summed E-state index contributed by atoms with van der Waals surface area (Å²) in [6, 6.07) is 8.70. The topological polar surface area (TPSA) is 39.1 Å². The molecule has 0 spiro atoms. The Morgan fingerprint density at radius 1 is 1.37 bits per heavy atom. The van der Waals surface area contributed by atoms with E-state index in [1.807, 2.05) is 6.07 Å². The first kappa shape index (κ1) is 14.0. The molecule has 0 amide bonds. The monoisotopic (exact) mass is 261 g/mol. The van der Waals surface area contributed by atoms with Crippen LogP contribution in [0, 0.1) is 0 Å². The smallest absolute Gasteiger partial charge is 0.109 e. The lowest BCUT2D eigenvalue weighted by molar-refractivity contribution is 0.172. The second-order valence-corrected chi connectivity index (χ2v) is 4.83. The van der Waals surface area contributed by atoms with Gasteiger partial charge in [0.2, 0.25) is 0 Å². The molecule has 2 rings (SSSR count). The van der Waals surface area contributed by atoms with Crippen LogP contribution in [0.2, 0.25) is 0 Å². The number of para-hydroxylation sites is 2. The molecule has 0 aliphatic carbocycles. The molecule has 0 bridgehead atoms. The van der Waals surface area contributed by atoms with Crippen LogP contribution in [0.1, 0.15) is 19.7 Å². The number of fused-ring (bicyclic) bond motifs is 1. The Kier molecular flexibility index (Phi) is 4.93. The van der Waals surface area contributed by atoms with Crippen molar-refractivity contribution in [1.82, 2.24) is 14.9 Å². The summed E-state index contributed by atoms with van der Waals surface area (Å²) in [6.07, 6.45) is 0.961. The molecule has 4 nitrogen and oxygen atoms in total. The minimum Gasteiger partial charge on any atom is -0.383 e. The molecule has 0 radical (unpaired) electrons. The van der Waals surface area contributed by atoms with Crippen molar-refractivity contribution in [3.63, 3.8) is 0 Å². The number of nitrogens with zero attached hydrogens (tertiary/aromatic N) is 2. The van der Waals surface area contributed by atoms with Gasteiger partial charge in [-0.05, 0) is 19.1 Å². The van der Waals surface area contributed by atoms with Crippen LogP contribution in [-0.4, -0.2) is 35.9 Å². The predicted molar refractivity (Wildman–Crippen MR) is 78.5 cm³/mol. The zero-order valence-corrected chi connectivity index (χ0v) is 12.0. The van der Waals surface area contributed by atoms with E-state index < -0.39 is 0 Å². The Hall–Kier alpha value is -1.39. The number of aryl methyl sites for hydroxylation is 1. The van der Waals surface area contributed by atoms with Crippen molar-refractivity contribution in [2.24, 2.45) is 0 Å². The van der Waals surface area contributed by atoms with Gasteiger partial charge in [-0.15, -0.1) is 0 Å². The van der Waals surface area contributed by atoms with Gasteiger partial charge in [-0.1, -0.05) is 19.1 Å². The maximum Gasteiger partial charge on any atom is 0.109 e. The molecule has 1 aromatic carbocycles. The summed E-state index contributed by atoms with van der Waals surface area (Å²) in [5.41, 5.74) is 2.31. The van der Waals surface area contributed by atoms with Crippen LogP contribution in [0.15, 0.2) is 24.3 Å². The summed E-state index contributed by atoms with van der Waals surface area (Å²) in [5.74, 6) is 1.15. The van der Waals surface area contributed by atoms with Gasteiger partial charge in [0.05, 0.1) is 17.6 Å². The fourth-order valence-corrected chi connectivity index (χ4v) is 2.38. The number of benzene rings is 1. The van der Waals surface area contributed by atoms with Crippen LogP contribution in [0.5, 0.6) is 0 Å². The molecule has 0 saturated heterocycles. The van der Waals surface area contributed by atoms with Crippen LogP contribution < -0.4 is 5.32 Å². The number of hydrogen-bond acceptors (Lipinski definition) is 3. The quantitative estimate of drug-likeness (QED) is 0.830. The molecule has 104 valence electrons. The first-order chi connectivity index (χ1) is 9.26. The lowest BCUT2D eigenvalue weighted by Crippen LogP contribution is -2.33. The molecule has 1 heterocycles. The Labute approximate surface area is 114 Å². The maximum atomic E-state index is 5.12. The van der Waals surface area contributed by atoms with E-state index in [1.54, 1.807) is 7.11 Å². The minimum absolute atomic E-state index is 0.380. The van der Waals surface area contributed by atoms with Crippen molar-refractivity contribution in [1.29, 1.82) is 0 Å². The molecular formula is C15H23N3O. The van der Waals surface area contributed by atoms with Gasteiger partial charge in [-0.2, -0.15) is 0 Å². The van der Waals surface area contributed by atoms with Gasteiger partial charge < -0.3 is 14.6 Å². The van der Waals surface area contributed by atoms with Gasteiger partial charge in [0.15, 0.2) is 0 Å². The lowest BCUT2D eigenvalue weighted by Gasteiger charge is -2.14. The van der Waals surface area contributed by atoms with Gasteiger partial charge >= 0.3 is 0 Å². The molecule has 0 saturated carbocycles. The van der Waals surface area contributed by atoms with Crippen LogP contribution >= 0.6 is 0 Å².